The number of rotatable bonds is 4. The molecule has 2 rings (SSSR count). The van der Waals surface area contributed by atoms with Crippen LogP contribution in [0.5, 0.6) is 0 Å². The van der Waals surface area contributed by atoms with Crippen LogP contribution in [0.2, 0.25) is 0 Å². The van der Waals surface area contributed by atoms with Crippen molar-refractivity contribution in [3.8, 4) is 0 Å². The van der Waals surface area contributed by atoms with Crippen molar-refractivity contribution >= 4 is 0 Å². The third-order valence-electron chi connectivity index (χ3n) is 2.93. The summed E-state index contributed by atoms with van der Waals surface area (Å²) in [5.41, 5.74) is -0.00938. The van der Waals surface area contributed by atoms with Gasteiger partial charge in [-0.25, -0.2) is 0 Å². The Morgan fingerprint density at radius 2 is 2.00 bits per heavy atom. The Morgan fingerprint density at radius 1 is 1.21 bits per heavy atom. The molecule has 2 nitrogen and oxygen atoms in total. The van der Waals surface area contributed by atoms with Gasteiger partial charge in [-0.3, -0.25) is 0 Å². The molecule has 1 atom stereocenters. The zero-order chi connectivity index (χ0) is 13.9. The predicted molar refractivity (Wildman–Crippen MR) is 65.7 cm³/mol. The summed E-state index contributed by atoms with van der Waals surface area (Å²) in [5.74, 6) is 0.708. The predicted octanol–water partition coefficient (Wildman–Crippen LogP) is 3.80. The molecule has 102 valence electrons. The Balaban J connectivity index is 2.19. The van der Waals surface area contributed by atoms with E-state index in [0.717, 1.165) is 6.07 Å². The van der Waals surface area contributed by atoms with E-state index in [9.17, 15) is 13.2 Å². The van der Waals surface area contributed by atoms with Crippen molar-refractivity contribution in [3.05, 3.63) is 59.5 Å². The van der Waals surface area contributed by atoms with E-state index >= 15 is 0 Å². The van der Waals surface area contributed by atoms with Gasteiger partial charge in [-0.1, -0.05) is 18.2 Å². The molecule has 0 spiro atoms. The van der Waals surface area contributed by atoms with Crippen molar-refractivity contribution in [2.24, 2.45) is 0 Å². The van der Waals surface area contributed by atoms with Gasteiger partial charge < -0.3 is 9.73 Å². The first-order valence-electron chi connectivity index (χ1n) is 5.87. The summed E-state index contributed by atoms with van der Waals surface area (Å²) in [6, 6.07) is 8.77. The van der Waals surface area contributed by atoms with E-state index < -0.39 is 11.7 Å². The second kappa shape index (κ2) is 5.48. The van der Waals surface area contributed by atoms with Gasteiger partial charge in [0.05, 0.1) is 17.9 Å². The number of benzene rings is 1. The zero-order valence-electron chi connectivity index (χ0n) is 10.4. The quantitative estimate of drug-likeness (QED) is 0.913. The molecule has 1 heterocycles. The van der Waals surface area contributed by atoms with Gasteiger partial charge in [-0.2, -0.15) is 13.2 Å². The van der Waals surface area contributed by atoms with Crippen molar-refractivity contribution in [2.75, 3.05) is 7.05 Å². The Kier molecular flexibility index (Phi) is 3.95. The summed E-state index contributed by atoms with van der Waals surface area (Å²) in [6.07, 6.45) is -2.32. The minimum atomic E-state index is -4.31. The second-order valence-corrected chi connectivity index (χ2v) is 4.26. The number of nitrogens with one attached hydrogen (secondary N) is 1. The fourth-order valence-corrected chi connectivity index (χ4v) is 1.94. The van der Waals surface area contributed by atoms with E-state index in [4.69, 9.17) is 4.42 Å². The third-order valence-corrected chi connectivity index (χ3v) is 2.93. The summed E-state index contributed by atoms with van der Waals surface area (Å²) in [6.45, 7) is 0. The maximum Gasteiger partial charge on any atom is 0.416 e. The van der Waals surface area contributed by atoms with Gasteiger partial charge in [0.1, 0.15) is 5.76 Å². The molecule has 0 aliphatic heterocycles. The Labute approximate surface area is 109 Å². The lowest BCUT2D eigenvalue weighted by Crippen LogP contribution is -2.18. The number of alkyl halides is 3. The van der Waals surface area contributed by atoms with Gasteiger partial charge in [0.15, 0.2) is 0 Å². The first-order valence-corrected chi connectivity index (χ1v) is 5.87. The topological polar surface area (TPSA) is 25.2 Å². The van der Waals surface area contributed by atoms with Crippen molar-refractivity contribution in [3.63, 3.8) is 0 Å². The molecular formula is C14H14F3NO. The SMILES string of the molecule is CNC(Cc1cccc(C(F)(F)F)c1)c1ccco1. The van der Waals surface area contributed by atoms with E-state index in [0.29, 0.717) is 17.7 Å². The number of furan rings is 1. The lowest BCUT2D eigenvalue weighted by atomic mass is 10.0. The Morgan fingerprint density at radius 3 is 2.58 bits per heavy atom. The molecule has 0 fully saturated rings. The normalized spacial score (nSPS) is 13.5. The molecule has 0 saturated carbocycles. The van der Waals surface area contributed by atoms with E-state index in [1.165, 1.54) is 12.1 Å². The van der Waals surface area contributed by atoms with Crippen LogP contribution in [0.1, 0.15) is 22.9 Å². The molecule has 1 N–H and O–H groups in total. The molecule has 5 heteroatoms. The summed E-state index contributed by atoms with van der Waals surface area (Å²) < 4.78 is 43.2. The van der Waals surface area contributed by atoms with Crippen molar-refractivity contribution in [1.82, 2.24) is 5.32 Å². The number of halogens is 3. The molecule has 19 heavy (non-hydrogen) atoms. The molecule has 2 aromatic rings. The molecular weight excluding hydrogens is 255 g/mol. The van der Waals surface area contributed by atoms with Gasteiger partial charge in [0, 0.05) is 0 Å². The fourth-order valence-electron chi connectivity index (χ4n) is 1.94. The van der Waals surface area contributed by atoms with Crippen LogP contribution in [-0.2, 0) is 12.6 Å². The highest BCUT2D eigenvalue weighted by Crippen LogP contribution is 2.30. The molecule has 0 saturated heterocycles. The molecule has 0 radical (unpaired) electrons. The monoisotopic (exact) mass is 269 g/mol. The highest BCUT2D eigenvalue weighted by atomic mass is 19.4. The van der Waals surface area contributed by atoms with Crippen LogP contribution >= 0.6 is 0 Å². The van der Waals surface area contributed by atoms with Crippen LogP contribution in [-0.4, -0.2) is 7.05 Å². The number of hydrogen-bond acceptors (Lipinski definition) is 2. The van der Waals surface area contributed by atoms with E-state index in [1.807, 2.05) is 0 Å². The molecule has 0 amide bonds. The molecule has 1 aromatic heterocycles. The molecule has 0 aliphatic rings. The van der Waals surface area contributed by atoms with E-state index in [1.54, 1.807) is 31.5 Å². The number of likely N-dealkylation sites (N-methyl/N-ethyl adjacent to an activating group) is 1. The highest BCUT2D eigenvalue weighted by molar-refractivity contribution is 5.27. The first-order chi connectivity index (χ1) is 9.00. The van der Waals surface area contributed by atoms with Crippen molar-refractivity contribution in [1.29, 1.82) is 0 Å². The van der Waals surface area contributed by atoms with Crippen LogP contribution in [0.15, 0.2) is 47.1 Å². The van der Waals surface area contributed by atoms with Gasteiger partial charge in [-0.15, -0.1) is 0 Å². The van der Waals surface area contributed by atoms with Crippen LogP contribution in [0.4, 0.5) is 13.2 Å². The van der Waals surface area contributed by atoms with Gasteiger partial charge >= 0.3 is 6.18 Å². The average Bonchev–Trinajstić information content (AvgIpc) is 2.89. The van der Waals surface area contributed by atoms with Crippen LogP contribution in [0.3, 0.4) is 0 Å². The summed E-state index contributed by atoms with van der Waals surface area (Å²) >= 11 is 0. The minimum Gasteiger partial charge on any atom is -0.468 e. The smallest absolute Gasteiger partial charge is 0.416 e. The van der Waals surface area contributed by atoms with Gasteiger partial charge in [-0.05, 0) is 37.2 Å². The molecule has 0 aliphatic carbocycles. The fraction of sp³-hybridized carbons (Fsp3) is 0.286. The van der Waals surface area contributed by atoms with Crippen molar-refractivity contribution in [2.45, 2.75) is 18.6 Å². The largest absolute Gasteiger partial charge is 0.468 e. The van der Waals surface area contributed by atoms with Gasteiger partial charge in [0.25, 0.3) is 0 Å². The maximum absolute atomic E-state index is 12.6. The van der Waals surface area contributed by atoms with Crippen molar-refractivity contribution < 1.29 is 17.6 Å². The first kappa shape index (κ1) is 13.7. The summed E-state index contributed by atoms with van der Waals surface area (Å²) in [4.78, 5) is 0. The minimum absolute atomic E-state index is 0.140. The van der Waals surface area contributed by atoms with Crippen LogP contribution < -0.4 is 5.32 Å². The Bertz CT molecular complexity index is 520. The Hall–Kier alpha value is -1.75. The second-order valence-electron chi connectivity index (χ2n) is 4.26. The van der Waals surface area contributed by atoms with Crippen LogP contribution in [0.25, 0.3) is 0 Å². The van der Waals surface area contributed by atoms with Gasteiger partial charge in [0.2, 0.25) is 0 Å². The molecule has 1 unspecified atom stereocenters. The van der Waals surface area contributed by atoms with Crippen LogP contribution in [0, 0.1) is 0 Å². The lowest BCUT2D eigenvalue weighted by Gasteiger charge is -2.15. The molecule has 1 aromatic carbocycles. The average molecular weight is 269 g/mol. The lowest BCUT2D eigenvalue weighted by molar-refractivity contribution is -0.137. The zero-order valence-corrected chi connectivity index (χ0v) is 10.4. The summed E-state index contributed by atoms with van der Waals surface area (Å²) in [5, 5.41) is 3.04. The van der Waals surface area contributed by atoms with E-state index in [2.05, 4.69) is 5.32 Å². The molecule has 0 bridgehead atoms. The maximum atomic E-state index is 12.6. The summed E-state index contributed by atoms with van der Waals surface area (Å²) in [7, 11) is 1.75. The highest BCUT2D eigenvalue weighted by Gasteiger charge is 2.30. The third kappa shape index (κ3) is 3.38. The standard InChI is InChI=1S/C14H14F3NO/c1-18-12(13-6-3-7-19-13)9-10-4-2-5-11(8-10)14(15,16)17/h2-8,12,18H,9H2,1H3. The van der Waals surface area contributed by atoms with E-state index in [-0.39, 0.29) is 6.04 Å². The number of hydrogen-bond donors (Lipinski definition) is 1.